The Morgan fingerprint density at radius 3 is 3.00 bits per heavy atom. The van der Waals surface area contributed by atoms with Gasteiger partial charge in [-0.25, -0.2) is 4.68 Å². The maximum Gasteiger partial charge on any atom is 0.252 e. The fourth-order valence-electron chi connectivity index (χ4n) is 4.29. The average molecular weight is 481 g/mol. The van der Waals surface area contributed by atoms with E-state index in [1.807, 2.05) is 41.9 Å². The number of pyridine rings is 1. The molecule has 0 amide bonds. The number of aromatic amines is 1. The number of aromatic nitrogens is 5. The van der Waals surface area contributed by atoms with Crippen LogP contribution in [-0.2, 0) is 30.9 Å². The van der Waals surface area contributed by atoms with E-state index >= 15 is 0 Å². The zero-order chi connectivity index (χ0) is 23.3. The number of nitrogens with one attached hydrogen (secondary N) is 1. The van der Waals surface area contributed by atoms with Crippen LogP contribution in [0.2, 0.25) is 0 Å². The van der Waals surface area contributed by atoms with Crippen LogP contribution in [0.15, 0.2) is 46.6 Å². The van der Waals surface area contributed by atoms with Gasteiger partial charge >= 0.3 is 0 Å². The number of H-pyrrole nitrogens is 1. The first-order valence-corrected chi connectivity index (χ1v) is 12.5. The lowest BCUT2D eigenvalue weighted by Gasteiger charge is -2.21. The van der Waals surface area contributed by atoms with Crippen molar-refractivity contribution >= 4 is 22.2 Å². The van der Waals surface area contributed by atoms with Crippen molar-refractivity contribution in [2.24, 2.45) is 0 Å². The maximum absolute atomic E-state index is 12.9. The minimum atomic E-state index is -0.0909. The highest BCUT2D eigenvalue weighted by Gasteiger charge is 2.21. The third-order valence-electron chi connectivity index (χ3n) is 5.93. The molecule has 1 aromatic carbocycles. The molecule has 0 unspecified atom stereocenters. The maximum atomic E-state index is 12.9. The Morgan fingerprint density at radius 1 is 1.26 bits per heavy atom. The molecule has 178 valence electrons. The molecule has 5 rings (SSSR count). The van der Waals surface area contributed by atoms with Crippen LogP contribution in [-0.4, -0.2) is 49.4 Å². The molecule has 0 spiro atoms. The molecule has 1 N–H and O–H groups in total. The normalized spacial score (nSPS) is 16.0. The van der Waals surface area contributed by atoms with Gasteiger partial charge in [-0.05, 0) is 65.9 Å². The van der Waals surface area contributed by atoms with E-state index in [9.17, 15) is 4.79 Å². The number of ether oxygens (including phenoxy) is 2. The SMILES string of the molecule is CCOc1ccc2[nH]c(=O)c(CN(Cc3cccs3)Cc3nnnn3C[C@H]3CCCO3)cc2c1. The van der Waals surface area contributed by atoms with Crippen LogP contribution in [0.1, 0.15) is 36.0 Å². The first-order chi connectivity index (χ1) is 16.7. The first kappa shape index (κ1) is 22.7. The second-order valence-electron chi connectivity index (χ2n) is 8.44. The molecule has 4 heterocycles. The second-order valence-corrected chi connectivity index (χ2v) is 9.47. The second kappa shape index (κ2) is 10.5. The summed E-state index contributed by atoms with van der Waals surface area (Å²) >= 11 is 1.70. The molecule has 0 saturated carbocycles. The summed E-state index contributed by atoms with van der Waals surface area (Å²) in [5.74, 6) is 1.56. The van der Waals surface area contributed by atoms with E-state index in [2.05, 4.69) is 36.9 Å². The van der Waals surface area contributed by atoms with E-state index in [0.29, 0.717) is 38.3 Å². The Labute approximate surface area is 201 Å². The number of benzene rings is 1. The van der Waals surface area contributed by atoms with Crippen molar-refractivity contribution in [3.63, 3.8) is 0 Å². The zero-order valence-corrected chi connectivity index (χ0v) is 20.0. The topological polar surface area (TPSA) is 98.2 Å². The largest absolute Gasteiger partial charge is 0.494 e. The molecule has 10 heteroatoms. The van der Waals surface area contributed by atoms with Crippen LogP contribution in [0.3, 0.4) is 0 Å². The Bertz CT molecular complexity index is 1280. The van der Waals surface area contributed by atoms with Crippen molar-refractivity contribution in [3.05, 3.63) is 68.4 Å². The lowest BCUT2D eigenvalue weighted by molar-refractivity contribution is 0.0915. The molecule has 1 aliphatic heterocycles. The minimum Gasteiger partial charge on any atom is -0.494 e. The summed E-state index contributed by atoms with van der Waals surface area (Å²) in [6.07, 6.45) is 2.24. The molecular formula is C24H28N6O3S. The molecule has 0 bridgehead atoms. The number of thiophene rings is 1. The lowest BCUT2D eigenvalue weighted by Crippen LogP contribution is -2.28. The highest BCUT2D eigenvalue weighted by atomic mass is 32.1. The van der Waals surface area contributed by atoms with Gasteiger partial charge in [-0.2, -0.15) is 0 Å². The average Bonchev–Trinajstić information content (AvgIpc) is 3.60. The predicted octanol–water partition coefficient (Wildman–Crippen LogP) is 3.36. The summed E-state index contributed by atoms with van der Waals surface area (Å²) in [5, 5.41) is 15.4. The van der Waals surface area contributed by atoms with Gasteiger partial charge in [-0.15, -0.1) is 16.4 Å². The zero-order valence-electron chi connectivity index (χ0n) is 19.1. The molecule has 3 aromatic heterocycles. The van der Waals surface area contributed by atoms with Crippen molar-refractivity contribution in [2.45, 2.75) is 52.0 Å². The number of nitrogens with zero attached hydrogens (tertiary/aromatic N) is 5. The molecule has 1 saturated heterocycles. The highest BCUT2D eigenvalue weighted by molar-refractivity contribution is 7.09. The number of hydrogen-bond acceptors (Lipinski definition) is 8. The molecule has 34 heavy (non-hydrogen) atoms. The number of fused-ring (bicyclic) bond motifs is 1. The standard InChI is InChI=1S/C24H28N6O3S/c1-2-32-19-7-8-22-17(12-19)11-18(24(31)25-22)13-29(15-21-6-4-10-34-21)16-23-26-27-28-30(23)14-20-5-3-9-33-20/h4,6-8,10-12,20H,2-3,5,9,13-16H2,1H3,(H,25,31)/t20-/m1/s1. The molecule has 0 aliphatic carbocycles. The summed E-state index contributed by atoms with van der Waals surface area (Å²) < 4.78 is 13.2. The van der Waals surface area contributed by atoms with Crippen LogP contribution in [0, 0.1) is 0 Å². The van der Waals surface area contributed by atoms with E-state index in [1.54, 1.807) is 11.3 Å². The quantitative estimate of drug-likeness (QED) is 0.372. The van der Waals surface area contributed by atoms with Gasteiger partial charge in [0.25, 0.3) is 5.56 Å². The summed E-state index contributed by atoms with van der Waals surface area (Å²) in [6, 6.07) is 11.8. The van der Waals surface area contributed by atoms with Crippen LogP contribution >= 0.6 is 11.3 Å². The Morgan fingerprint density at radius 2 is 2.21 bits per heavy atom. The number of tetrazole rings is 1. The predicted molar refractivity (Wildman–Crippen MR) is 130 cm³/mol. The van der Waals surface area contributed by atoms with Crippen molar-refractivity contribution < 1.29 is 9.47 Å². The number of rotatable bonds is 10. The minimum absolute atomic E-state index is 0.0909. The van der Waals surface area contributed by atoms with Crippen molar-refractivity contribution in [1.29, 1.82) is 0 Å². The van der Waals surface area contributed by atoms with Crippen LogP contribution in [0.5, 0.6) is 5.75 Å². The van der Waals surface area contributed by atoms with E-state index in [1.165, 1.54) is 4.88 Å². The fourth-order valence-corrected chi connectivity index (χ4v) is 5.04. The van der Waals surface area contributed by atoms with Gasteiger partial charge in [-0.1, -0.05) is 6.07 Å². The van der Waals surface area contributed by atoms with Crippen LogP contribution < -0.4 is 10.3 Å². The van der Waals surface area contributed by atoms with Gasteiger partial charge in [0.1, 0.15) is 5.75 Å². The third-order valence-corrected chi connectivity index (χ3v) is 6.79. The Hall–Kier alpha value is -3.08. The highest BCUT2D eigenvalue weighted by Crippen LogP contribution is 2.21. The monoisotopic (exact) mass is 480 g/mol. The Balaban J connectivity index is 1.40. The molecule has 4 aromatic rings. The Kier molecular flexibility index (Phi) is 6.98. The van der Waals surface area contributed by atoms with Gasteiger partial charge in [0.2, 0.25) is 0 Å². The van der Waals surface area contributed by atoms with Gasteiger partial charge in [0.05, 0.1) is 25.8 Å². The molecule has 1 fully saturated rings. The van der Waals surface area contributed by atoms with Crippen molar-refractivity contribution in [2.75, 3.05) is 13.2 Å². The van der Waals surface area contributed by atoms with Crippen LogP contribution in [0.4, 0.5) is 0 Å². The van der Waals surface area contributed by atoms with Gasteiger partial charge < -0.3 is 14.5 Å². The summed E-state index contributed by atoms with van der Waals surface area (Å²) in [7, 11) is 0. The molecule has 0 radical (unpaired) electrons. The van der Waals surface area contributed by atoms with Crippen LogP contribution in [0.25, 0.3) is 10.9 Å². The first-order valence-electron chi connectivity index (χ1n) is 11.6. The van der Waals surface area contributed by atoms with E-state index in [0.717, 1.165) is 41.9 Å². The molecule has 1 atom stereocenters. The van der Waals surface area contributed by atoms with E-state index in [4.69, 9.17) is 9.47 Å². The van der Waals surface area contributed by atoms with E-state index in [-0.39, 0.29) is 11.7 Å². The van der Waals surface area contributed by atoms with E-state index < -0.39 is 0 Å². The summed E-state index contributed by atoms with van der Waals surface area (Å²) in [5.41, 5.74) is 1.39. The van der Waals surface area contributed by atoms with Gasteiger partial charge in [0, 0.05) is 41.0 Å². The van der Waals surface area contributed by atoms with Crippen molar-refractivity contribution in [3.8, 4) is 5.75 Å². The summed E-state index contributed by atoms with van der Waals surface area (Å²) in [4.78, 5) is 19.3. The smallest absolute Gasteiger partial charge is 0.252 e. The third kappa shape index (κ3) is 5.35. The van der Waals surface area contributed by atoms with Gasteiger partial charge in [-0.3, -0.25) is 9.69 Å². The lowest BCUT2D eigenvalue weighted by atomic mass is 10.1. The molecule has 9 nitrogen and oxygen atoms in total. The number of hydrogen-bond donors (Lipinski definition) is 1. The summed E-state index contributed by atoms with van der Waals surface area (Å²) in [6.45, 7) is 5.67. The van der Waals surface area contributed by atoms with Crippen molar-refractivity contribution in [1.82, 2.24) is 30.1 Å². The molecule has 1 aliphatic rings. The van der Waals surface area contributed by atoms with Gasteiger partial charge in [0.15, 0.2) is 5.82 Å². The fraction of sp³-hybridized carbons (Fsp3) is 0.417. The molecular weight excluding hydrogens is 452 g/mol.